The fourth-order valence-electron chi connectivity index (χ4n) is 3.16. The van der Waals surface area contributed by atoms with Crippen LogP contribution >= 0.6 is 12.2 Å². The molecule has 4 aliphatic rings. The Morgan fingerprint density at radius 1 is 1.50 bits per heavy atom. The van der Waals surface area contributed by atoms with Crippen LogP contribution in [0.25, 0.3) is 0 Å². The number of thiocarbonyl (C=S) groups is 1. The van der Waals surface area contributed by atoms with Gasteiger partial charge in [0.25, 0.3) is 0 Å². The zero-order chi connectivity index (χ0) is 12.8. The van der Waals surface area contributed by atoms with Crippen LogP contribution in [0.5, 0.6) is 0 Å². The fraction of sp³-hybridized carbons (Fsp3) is 0.714. The van der Waals surface area contributed by atoms with Crippen molar-refractivity contribution in [2.45, 2.75) is 45.6 Å². The van der Waals surface area contributed by atoms with Crippen LogP contribution in [0.4, 0.5) is 0 Å². The lowest BCUT2D eigenvalue weighted by Gasteiger charge is -2.55. The molecular weight excluding hydrogens is 242 g/mol. The van der Waals surface area contributed by atoms with Crippen molar-refractivity contribution in [1.82, 2.24) is 10.7 Å². The first kappa shape index (κ1) is 12.2. The first-order valence-corrected chi connectivity index (χ1v) is 7.28. The maximum absolute atomic E-state index is 5.17. The molecule has 2 N–H and O–H groups in total. The van der Waals surface area contributed by atoms with E-state index in [1.165, 1.54) is 31.3 Å². The van der Waals surface area contributed by atoms with Gasteiger partial charge in [0.15, 0.2) is 5.11 Å². The van der Waals surface area contributed by atoms with E-state index in [9.17, 15) is 0 Å². The quantitative estimate of drug-likeness (QED) is 0.467. The third kappa shape index (κ3) is 2.18. The molecule has 0 unspecified atom stereocenters. The lowest BCUT2D eigenvalue weighted by molar-refractivity contribution is -0.00126. The highest BCUT2D eigenvalue weighted by Gasteiger charge is 2.50. The molecule has 18 heavy (non-hydrogen) atoms. The van der Waals surface area contributed by atoms with Crippen LogP contribution in [-0.2, 0) is 0 Å². The van der Waals surface area contributed by atoms with Gasteiger partial charge in [0.2, 0.25) is 0 Å². The van der Waals surface area contributed by atoms with E-state index in [1.54, 1.807) is 0 Å². The van der Waals surface area contributed by atoms with Crippen LogP contribution in [0.15, 0.2) is 16.8 Å². The van der Waals surface area contributed by atoms with E-state index in [0.29, 0.717) is 22.5 Å². The zero-order valence-electron chi connectivity index (χ0n) is 11.1. The zero-order valence-corrected chi connectivity index (χ0v) is 11.9. The number of allylic oxidation sites excluding steroid dienone is 2. The summed E-state index contributed by atoms with van der Waals surface area (Å²) < 4.78 is 0. The first-order valence-electron chi connectivity index (χ1n) is 6.87. The second-order valence-electron chi connectivity index (χ2n) is 6.36. The molecule has 0 aromatic carbocycles. The summed E-state index contributed by atoms with van der Waals surface area (Å²) in [4.78, 5) is 0. The van der Waals surface area contributed by atoms with Crippen LogP contribution in [0.3, 0.4) is 0 Å². The van der Waals surface area contributed by atoms with Crippen LogP contribution < -0.4 is 10.7 Å². The largest absolute Gasteiger partial charge is 0.359 e. The van der Waals surface area contributed by atoms with Crippen LogP contribution in [0.2, 0.25) is 0 Å². The summed E-state index contributed by atoms with van der Waals surface area (Å²) in [5.41, 5.74) is 4.76. The summed E-state index contributed by atoms with van der Waals surface area (Å²) in [6.45, 7) is 4.75. The third-order valence-corrected chi connectivity index (χ3v) is 5.01. The molecule has 0 aromatic heterocycles. The molecule has 0 spiro atoms. The molecule has 0 heterocycles. The van der Waals surface area contributed by atoms with Gasteiger partial charge in [-0.1, -0.05) is 19.9 Å². The van der Waals surface area contributed by atoms with Crippen LogP contribution in [-0.4, -0.2) is 17.4 Å². The number of nitrogens with zero attached hydrogens (tertiary/aromatic N) is 1. The number of rotatable bonds is 3. The second-order valence-corrected chi connectivity index (χ2v) is 6.77. The van der Waals surface area contributed by atoms with Gasteiger partial charge < -0.3 is 5.32 Å². The standard InChI is InChI=1S/C14H21N3S/c1-14(2)10-4-3-9(12(14)7-10)8-15-17-13(18)16-11-5-6-11/h3,8,10-12H,4-7H2,1-2H3,(H2,16,17,18)/t10-,12+/m0/s1. The molecule has 3 nitrogen and oxygen atoms in total. The van der Waals surface area contributed by atoms with Gasteiger partial charge in [-0.2, -0.15) is 5.10 Å². The van der Waals surface area contributed by atoms with Gasteiger partial charge in [-0.3, -0.25) is 5.43 Å². The average Bonchev–Trinajstić information content (AvgIpc) is 3.13. The van der Waals surface area contributed by atoms with Crippen molar-refractivity contribution < 1.29 is 0 Å². The molecule has 0 amide bonds. The molecular formula is C14H21N3S. The monoisotopic (exact) mass is 263 g/mol. The minimum Gasteiger partial charge on any atom is -0.359 e. The Balaban J connectivity index is 1.53. The maximum Gasteiger partial charge on any atom is 0.187 e. The van der Waals surface area contributed by atoms with E-state index < -0.39 is 0 Å². The van der Waals surface area contributed by atoms with Gasteiger partial charge in [-0.15, -0.1) is 0 Å². The van der Waals surface area contributed by atoms with Crippen molar-refractivity contribution in [3.05, 3.63) is 11.6 Å². The highest BCUT2D eigenvalue weighted by molar-refractivity contribution is 7.80. The van der Waals surface area contributed by atoms with Gasteiger partial charge in [-0.05, 0) is 60.7 Å². The molecule has 0 aliphatic heterocycles. The third-order valence-electron chi connectivity index (χ3n) is 4.80. The number of nitrogens with one attached hydrogen (secondary N) is 2. The molecule has 0 radical (unpaired) electrons. The number of hydrogen-bond donors (Lipinski definition) is 2. The molecule has 2 bridgehead atoms. The van der Waals surface area contributed by atoms with Gasteiger partial charge in [0.1, 0.15) is 0 Å². The summed E-state index contributed by atoms with van der Waals surface area (Å²) >= 11 is 5.17. The molecule has 0 saturated heterocycles. The molecule has 4 rings (SSSR count). The van der Waals surface area contributed by atoms with Gasteiger partial charge in [0.05, 0.1) is 6.21 Å². The highest BCUT2D eigenvalue weighted by Crippen LogP contribution is 2.58. The average molecular weight is 263 g/mol. The summed E-state index contributed by atoms with van der Waals surface area (Å²) in [7, 11) is 0. The Kier molecular flexibility index (Phi) is 2.93. The molecule has 4 aliphatic carbocycles. The minimum absolute atomic E-state index is 0.461. The Hall–Kier alpha value is -0.900. The summed E-state index contributed by atoms with van der Waals surface area (Å²) in [6, 6.07) is 0.584. The van der Waals surface area contributed by atoms with E-state index in [0.717, 1.165) is 5.92 Å². The van der Waals surface area contributed by atoms with E-state index >= 15 is 0 Å². The summed E-state index contributed by atoms with van der Waals surface area (Å²) in [5, 5.41) is 8.13. The summed E-state index contributed by atoms with van der Waals surface area (Å²) in [5.74, 6) is 1.57. The van der Waals surface area contributed by atoms with Crippen molar-refractivity contribution in [2.24, 2.45) is 22.4 Å². The predicted octanol–water partition coefficient (Wildman–Crippen LogP) is 2.59. The van der Waals surface area contributed by atoms with Crippen molar-refractivity contribution in [2.75, 3.05) is 0 Å². The molecule has 2 saturated carbocycles. The van der Waals surface area contributed by atoms with Crippen molar-refractivity contribution in [3.8, 4) is 0 Å². The Bertz CT molecular complexity index is 421. The van der Waals surface area contributed by atoms with Crippen molar-refractivity contribution in [1.29, 1.82) is 0 Å². The predicted molar refractivity (Wildman–Crippen MR) is 78.5 cm³/mol. The first-order chi connectivity index (χ1) is 8.57. The molecule has 2 atom stereocenters. The molecule has 0 aromatic rings. The SMILES string of the molecule is CC1(C)[C@H]2CC=C(C=NNC(=S)NC3CC3)[C@H]1C2. The lowest BCUT2D eigenvalue weighted by Crippen LogP contribution is -2.48. The van der Waals surface area contributed by atoms with E-state index in [-0.39, 0.29) is 0 Å². The van der Waals surface area contributed by atoms with E-state index in [2.05, 4.69) is 35.8 Å². The van der Waals surface area contributed by atoms with Crippen LogP contribution in [0, 0.1) is 17.3 Å². The second kappa shape index (κ2) is 4.34. The van der Waals surface area contributed by atoms with Crippen molar-refractivity contribution >= 4 is 23.5 Å². The number of hydrogen-bond acceptors (Lipinski definition) is 2. The Morgan fingerprint density at radius 3 is 2.89 bits per heavy atom. The number of hydrazone groups is 1. The van der Waals surface area contributed by atoms with Gasteiger partial charge in [0, 0.05) is 6.04 Å². The fourth-order valence-corrected chi connectivity index (χ4v) is 3.38. The highest BCUT2D eigenvalue weighted by atomic mass is 32.1. The van der Waals surface area contributed by atoms with Crippen molar-refractivity contribution in [3.63, 3.8) is 0 Å². The van der Waals surface area contributed by atoms with Crippen LogP contribution in [0.1, 0.15) is 39.5 Å². The minimum atomic E-state index is 0.461. The van der Waals surface area contributed by atoms with Gasteiger partial charge >= 0.3 is 0 Å². The Labute approximate surface area is 114 Å². The smallest absolute Gasteiger partial charge is 0.187 e. The normalized spacial score (nSPS) is 32.7. The van der Waals surface area contributed by atoms with Gasteiger partial charge in [-0.25, -0.2) is 0 Å². The maximum atomic E-state index is 5.17. The Morgan fingerprint density at radius 2 is 2.28 bits per heavy atom. The summed E-state index contributed by atoms with van der Waals surface area (Å²) in [6.07, 6.45) is 9.29. The lowest BCUT2D eigenvalue weighted by atomic mass is 9.49. The van der Waals surface area contributed by atoms with E-state index in [4.69, 9.17) is 12.2 Å². The van der Waals surface area contributed by atoms with E-state index in [1.807, 2.05) is 6.21 Å². The molecule has 4 heteroatoms. The topological polar surface area (TPSA) is 36.4 Å². The number of fused-ring (bicyclic) bond motifs is 1. The molecule has 2 fully saturated rings. The molecule has 98 valence electrons.